The monoisotopic (exact) mass is 286 g/mol. The standard InChI is InChI=1S/C16H18N2OS/c1-3-18-15(17-11(2)16(18)19)14-10-9-13(20-14)12-7-5-4-6-8-12/h4-11,15,17H,3H2,1-2H3. The van der Waals surface area contributed by atoms with E-state index in [1.54, 1.807) is 11.3 Å². The van der Waals surface area contributed by atoms with Crippen LogP contribution in [0.1, 0.15) is 24.9 Å². The number of hydrogen-bond donors (Lipinski definition) is 1. The van der Waals surface area contributed by atoms with Gasteiger partial charge in [-0.05, 0) is 31.5 Å². The summed E-state index contributed by atoms with van der Waals surface area (Å²) in [6.45, 7) is 4.69. The zero-order chi connectivity index (χ0) is 14.1. The SMILES string of the molecule is CCN1C(=O)C(C)NC1c1ccc(-c2ccccc2)s1. The van der Waals surface area contributed by atoms with Crippen molar-refractivity contribution in [3.63, 3.8) is 0 Å². The smallest absolute Gasteiger partial charge is 0.241 e. The number of carbonyl (C=O) groups excluding carboxylic acids is 1. The van der Waals surface area contributed by atoms with Crippen LogP contribution >= 0.6 is 11.3 Å². The lowest BCUT2D eigenvalue weighted by molar-refractivity contribution is -0.129. The molecule has 0 spiro atoms. The molecule has 1 N–H and O–H groups in total. The highest BCUT2D eigenvalue weighted by atomic mass is 32.1. The third-order valence-corrected chi connectivity index (χ3v) is 4.86. The molecule has 4 heteroatoms. The molecule has 0 bridgehead atoms. The van der Waals surface area contributed by atoms with E-state index in [1.807, 2.05) is 36.9 Å². The van der Waals surface area contributed by atoms with E-state index in [2.05, 4.69) is 29.6 Å². The average Bonchev–Trinajstić information content (AvgIpc) is 3.06. The molecule has 1 amide bonds. The maximum atomic E-state index is 12.1. The largest absolute Gasteiger partial charge is 0.321 e. The molecule has 1 aliphatic heterocycles. The number of benzene rings is 1. The summed E-state index contributed by atoms with van der Waals surface area (Å²) in [5, 5.41) is 3.37. The van der Waals surface area contributed by atoms with Crippen LogP contribution in [0.5, 0.6) is 0 Å². The number of carbonyl (C=O) groups is 1. The van der Waals surface area contributed by atoms with Crippen LogP contribution in [0.25, 0.3) is 10.4 Å². The molecular formula is C16H18N2OS. The number of thiophene rings is 1. The van der Waals surface area contributed by atoms with Crippen molar-refractivity contribution >= 4 is 17.2 Å². The number of amides is 1. The van der Waals surface area contributed by atoms with Gasteiger partial charge in [-0.25, -0.2) is 0 Å². The second kappa shape index (κ2) is 5.38. The number of rotatable bonds is 3. The van der Waals surface area contributed by atoms with Crippen molar-refractivity contribution in [3.05, 3.63) is 47.3 Å². The van der Waals surface area contributed by atoms with Crippen LogP contribution in [0.2, 0.25) is 0 Å². The number of nitrogens with zero attached hydrogens (tertiary/aromatic N) is 1. The topological polar surface area (TPSA) is 32.3 Å². The Hall–Kier alpha value is -1.65. The molecule has 2 heterocycles. The summed E-state index contributed by atoms with van der Waals surface area (Å²) in [7, 11) is 0. The molecular weight excluding hydrogens is 268 g/mol. The zero-order valence-corrected chi connectivity index (χ0v) is 12.5. The molecule has 1 fully saturated rings. The minimum Gasteiger partial charge on any atom is -0.321 e. The highest BCUT2D eigenvalue weighted by molar-refractivity contribution is 7.15. The molecule has 0 saturated carbocycles. The second-order valence-electron chi connectivity index (χ2n) is 4.98. The van der Waals surface area contributed by atoms with Gasteiger partial charge in [-0.2, -0.15) is 0 Å². The Balaban J connectivity index is 1.89. The molecule has 0 radical (unpaired) electrons. The molecule has 3 rings (SSSR count). The fraction of sp³-hybridized carbons (Fsp3) is 0.312. The van der Waals surface area contributed by atoms with Crippen LogP contribution in [0.4, 0.5) is 0 Å². The van der Waals surface area contributed by atoms with E-state index >= 15 is 0 Å². The summed E-state index contributed by atoms with van der Waals surface area (Å²) < 4.78 is 0. The van der Waals surface area contributed by atoms with Gasteiger partial charge >= 0.3 is 0 Å². The van der Waals surface area contributed by atoms with Gasteiger partial charge in [0.1, 0.15) is 6.17 Å². The lowest BCUT2D eigenvalue weighted by Gasteiger charge is -2.21. The maximum absolute atomic E-state index is 12.1. The van der Waals surface area contributed by atoms with Gasteiger partial charge in [-0.3, -0.25) is 10.1 Å². The van der Waals surface area contributed by atoms with E-state index in [9.17, 15) is 4.79 Å². The minimum absolute atomic E-state index is 0.0185. The van der Waals surface area contributed by atoms with E-state index < -0.39 is 0 Å². The van der Waals surface area contributed by atoms with Crippen LogP contribution in [0.15, 0.2) is 42.5 Å². The van der Waals surface area contributed by atoms with Crippen LogP contribution in [-0.4, -0.2) is 23.4 Å². The molecule has 20 heavy (non-hydrogen) atoms. The molecule has 0 aliphatic carbocycles. The highest BCUT2D eigenvalue weighted by Crippen LogP contribution is 2.34. The van der Waals surface area contributed by atoms with E-state index in [1.165, 1.54) is 15.3 Å². The number of hydrogen-bond acceptors (Lipinski definition) is 3. The third-order valence-electron chi connectivity index (χ3n) is 3.67. The van der Waals surface area contributed by atoms with Gasteiger partial charge in [0.15, 0.2) is 0 Å². The lowest BCUT2D eigenvalue weighted by Crippen LogP contribution is -2.29. The predicted molar refractivity (Wildman–Crippen MR) is 82.5 cm³/mol. The molecule has 1 aromatic carbocycles. The lowest BCUT2D eigenvalue weighted by atomic mass is 10.2. The summed E-state index contributed by atoms with van der Waals surface area (Å²) >= 11 is 1.75. The Kier molecular flexibility index (Phi) is 3.59. The van der Waals surface area contributed by atoms with Crippen molar-refractivity contribution in [2.24, 2.45) is 0 Å². The van der Waals surface area contributed by atoms with Crippen molar-refractivity contribution in [3.8, 4) is 10.4 Å². The molecule has 2 aromatic rings. The summed E-state index contributed by atoms with van der Waals surface area (Å²) in [5.41, 5.74) is 1.23. The van der Waals surface area contributed by atoms with Gasteiger partial charge in [-0.1, -0.05) is 30.3 Å². The zero-order valence-electron chi connectivity index (χ0n) is 11.7. The third kappa shape index (κ3) is 2.25. The van der Waals surface area contributed by atoms with Gasteiger partial charge in [0.05, 0.1) is 6.04 Å². The van der Waals surface area contributed by atoms with Crippen molar-refractivity contribution in [1.82, 2.24) is 10.2 Å². The van der Waals surface area contributed by atoms with Crippen LogP contribution in [0, 0.1) is 0 Å². The normalized spacial score (nSPS) is 22.5. The molecule has 1 saturated heterocycles. The fourth-order valence-corrected chi connectivity index (χ4v) is 3.69. The van der Waals surface area contributed by atoms with Gasteiger partial charge in [0.2, 0.25) is 5.91 Å². The Morgan fingerprint density at radius 3 is 2.65 bits per heavy atom. The quantitative estimate of drug-likeness (QED) is 0.939. The Morgan fingerprint density at radius 2 is 1.95 bits per heavy atom. The predicted octanol–water partition coefficient (Wildman–Crippen LogP) is 3.25. The molecule has 1 aliphatic rings. The van der Waals surface area contributed by atoms with Gasteiger partial charge in [0.25, 0.3) is 0 Å². The molecule has 1 aromatic heterocycles. The van der Waals surface area contributed by atoms with E-state index in [4.69, 9.17) is 0 Å². The molecule has 104 valence electrons. The first-order chi connectivity index (χ1) is 9.70. The Morgan fingerprint density at radius 1 is 1.20 bits per heavy atom. The molecule has 2 unspecified atom stereocenters. The average molecular weight is 286 g/mol. The number of likely N-dealkylation sites (N-methyl/N-ethyl adjacent to an activating group) is 1. The number of nitrogens with one attached hydrogen (secondary N) is 1. The first-order valence-electron chi connectivity index (χ1n) is 6.92. The summed E-state index contributed by atoms with van der Waals surface area (Å²) in [5.74, 6) is 0.187. The molecule has 2 atom stereocenters. The van der Waals surface area contributed by atoms with Crippen molar-refractivity contribution < 1.29 is 4.79 Å². The summed E-state index contributed by atoms with van der Waals surface area (Å²) in [6, 6.07) is 14.5. The van der Waals surface area contributed by atoms with Crippen LogP contribution in [0.3, 0.4) is 0 Å². The van der Waals surface area contributed by atoms with Crippen molar-refractivity contribution in [2.45, 2.75) is 26.1 Å². The first kappa shape index (κ1) is 13.3. The second-order valence-corrected chi connectivity index (χ2v) is 6.10. The van der Waals surface area contributed by atoms with Crippen LogP contribution in [-0.2, 0) is 4.79 Å². The minimum atomic E-state index is -0.0952. The van der Waals surface area contributed by atoms with Gasteiger partial charge < -0.3 is 4.90 Å². The van der Waals surface area contributed by atoms with Crippen molar-refractivity contribution in [2.75, 3.05) is 6.54 Å². The van der Waals surface area contributed by atoms with Crippen LogP contribution < -0.4 is 5.32 Å². The highest BCUT2D eigenvalue weighted by Gasteiger charge is 2.36. The van der Waals surface area contributed by atoms with Gasteiger partial charge in [0, 0.05) is 16.3 Å². The Bertz CT molecular complexity index is 608. The first-order valence-corrected chi connectivity index (χ1v) is 7.74. The van der Waals surface area contributed by atoms with E-state index in [0.717, 1.165) is 6.54 Å². The van der Waals surface area contributed by atoms with E-state index in [0.29, 0.717) is 0 Å². The van der Waals surface area contributed by atoms with Gasteiger partial charge in [-0.15, -0.1) is 11.3 Å². The summed E-state index contributed by atoms with van der Waals surface area (Å²) in [4.78, 5) is 16.4. The fourth-order valence-electron chi connectivity index (χ4n) is 2.61. The van der Waals surface area contributed by atoms with Crippen molar-refractivity contribution in [1.29, 1.82) is 0 Å². The maximum Gasteiger partial charge on any atom is 0.241 e. The summed E-state index contributed by atoms with van der Waals surface area (Å²) in [6.07, 6.45) is 0.0185. The van der Waals surface area contributed by atoms with E-state index in [-0.39, 0.29) is 18.1 Å². The Labute approximate surface area is 123 Å². The molecule has 3 nitrogen and oxygen atoms in total.